The number of anilines is 4. The molecule has 2 saturated heterocycles. The Labute approximate surface area is 251 Å². The van der Waals surface area contributed by atoms with Gasteiger partial charge in [-0.3, -0.25) is 4.79 Å². The smallest absolute Gasteiger partial charge is 0.245 e. The van der Waals surface area contributed by atoms with E-state index in [0.717, 1.165) is 59.5 Å². The Kier molecular flexibility index (Phi) is 8.24. The van der Waals surface area contributed by atoms with Crippen molar-refractivity contribution in [3.63, 3.8) is 0 Å². The Morgan fingerprint density at radius 1 is 0.786 bits per heavy atom. The lowest BCUT2D eigenvalue weighted by molar-refractivity contribution is -0.114. The van der Waals surface area contributed by atoms with E-state index in [1.807, 2.05) is 48.5 Å². The average molecular weight is 585 g/mol. The number of benzene rings is 2. The molecule has 10 heteroatoms. The highest BCUT2D eigenvalue weighted by Crippen LogP contribution is 2.30. The number of nitrogens with one attached hydrogen (secondary N) is 2. The van der Waals surface area contributed by atoms with Crippen LogP contribution in [0.15, 0.2) is 48.5 Å². The van der Waals surface area contributed by atoms with Crippen LogP contribution < -0.4 is 20.4 Å². The van der Waals surface area contributed by atoms with Gasteiger partial charge in [0, 0.05) is 37.4 Å². The molecule has 42 heavy (non-hydrogen) atoms. The largest absolute Gasteiger partial charge is 0.376 e. The van der Waals surface area contributed by atoms with Gasteiger partial charge in [0.1, 0.15) is 0 Å². The van der Waals surface area contributed by atoms with Gasteiger partial charge in [0.2, 0.25) is 17.8 Å². The van der Waals surface area contributed by atoms with Gasteiger partial charge in [-0.2, -0.15) is 15.0 Å². The number of carbonyl (C=O) groups is 1. The van der Waals surface area contributed by atoms with Gasteiger partial charge in [0.05, 0.1) is 16.8 Å². The molecule has 9 nitrogen and oxygen atoms in total. The third-order valence-electron chi connectivity index (χ3n) is 8.05. The number of thiazole rings is 1. The van der Waals surface area contributed by atoms with Crippen LogP contribution in [0.2, 0.25) is 0 Å². The fourth-order valence-corrected chi connectivity index (χ4v) is 7.31. The molecule has 0 bridgehead atoms. The number of hydrogen-bond acceptors (Lipinski definition) is 9. The van der Waals surface area contributed by atoms with Gasteiger partial charge in [-0.25, -0.2) is 4.98 Å². The molecule has 0 spiro atoms. The average Bonchev–Trinajstić information content (AvgIpc) is 3.37. The highest BCUT2D eigenvalue weighted by molar-refractivity contribution is 7.22. The Morgan fingerprint density at radius 2 is 1.36 bits per heavy atom. The fraction of sp³-hybridized carbons (Fsp3) is 0.469. The summed E-state index contributed by atoms with van der Waals surface area (Å²) in [4.78, 5) is 36.7. The van der Waals surface area contributed by atoms with Gasteiger partial charge < -0.3 is 20.4 Å². The van der Waals surface area contributed by atoms with Crippen LogP contribution in [0.25, 0.3) is 21.6 Å². The van der Waals surface area contributed by atoms with Crippen LogP contribution in [-0.2, 0) is 4.79 Å². The molecular weight excluding hydrogens is 544 g/mol. The van der Waals surface area contributed by atoms with E-state index in [1.54, 1.807) is 0 Å². The van der Waals surface area contributed by atoms with Crippen molar-refractivity contribution in [2.75, 3.05) is 53.2 Å². The van der Waals surface area contributed by atoms with E-state index < -0.39 is 0 Å². The first-order valence-corrected chi connectivity index (χ1v) is 15.9. The lowest BCUT2D eigenvalue weighted by atomic mass is 9.92. The third kappa shape index (κ3) is 6.64. The van der Waals surface area contributed by atoms with Crippen LogP contribution in [0, 0.1) is 23.7 Å². The minimum atomic E-state index is -0.139. The number of amides is 1. The molecule has 220 valence electrons. The second kappa shape index (κ2) is 12.2. The molecule has 0 aliphatic carbocycles. The number of aromatic nitrogens is 4. The van der Waals surface area contributed by atoms with Crippen LogP contribution >= 0.6 is 11.3 Å². The lowest BCUT2D eigenvalue weighted by Crippen LogP contribution is -2.42. The fourth-order valence-electron chi connectivity index (χ4n) is 6.43. The molecule has 1 amide bonds. The van der Waals surface area contributed by atoms with E-state index in [4.69, 9.17) is 15.0 Å². The number of fused-ring (bicyclic) bond motifs is 1. The molecule has 0 saturated carbocycles. The predicted octanol–water partition coefficient (Wildman–Crippen LogP) is 6.16. The molecule has 4 atom stereocenters. The zero-order valence-corrected chi connectivity index (χ0v) is 25.7. The number of rotatable bonds is 7. The molecule has 2 aromatic carbocycles. The summed E-state index contributed by atoms with van der Waals surface area (Å²) in [5.41, 5.74) is 2.67. The molecule has 0 radical (unpaired) electrons. The van der Waals surface area contributed by atoms with E-state index in [0.29, 0.717) is 34.6 Å². The first kappa shape index (κ1) is 28.3. The van der Waals surface area contributed by atoms with Gasteiger partial charge >= 0.3 is 0 Å². The summed E-state index contributed by atoms with van der Waals surface area (Å²) in [6, 6.07) is 15.8. The topological polar surface area (TPSA) is 99.2 Å². The predicted molar refractivity (Wildman–Crippen MR) is 172 cm³/mol. The molecule has 6 rings (SSSR count). The first-order valence-electron chi connectivity index (χ1n) is 15.0. The van der Waals surface area contributed by atoms with E-state index in [2.05, 4.69) is 53.1 Å². The number of nitrogens with zero attached hydrogens (tertiary/aromatic N) is 6. The van der Waals surface area contributed by atoms with Crippen LogP contribution in [0.5, 0.6) is 0 Å². The van der Waals surface area contributed by atoms with Crippen molar-refractivity contribution in [3.8, 4) is 11.4 Å². The molecule has 2 aromatic heterocycles. The zero-order chi connectivity index (χ0) is 29.2. The van der Waals surface area contributed by atoms with Gasteiger partial charge in [-0.1, -0.05) is 51.2 Å². The summed E-state index contributed by atoms with van der Waals surface area (Å²) in [5, 5.41) is 6.72. The van der Waals surface area contributed by atoms with Crippen molar-refractivity contribution in [2.24, 2.45) is 23.7 Å². The van der Waals surface area contributed by atoms with Crippen LogP contribution in [0.4, 0.5) is 22.7 Å². The van der Waals surface area contributed by atoms with Crippen molar-refractivity contribution >= 4 is 50.2 Å². The summed E-state index contributed by atoms with van der Waals surface area (Å²) < 4.78 is 1.05. The van der Waals surface area contributed by atoms with Crippen molar-refractivity contribution in [3.05, 3.63) is 48.5 Å². The summed E-state index contributed by atoms with van der Waals surface area (Å²) in [6.45, 7) is 13.2. The number of carbonyl (C=O) groups excluding carboxylic acids is 1. The van der Waals surface area contributed by atoms with Crippen LogP contribution in [0.1, 0.15) is 40.5 Å². The summed E-state index contributed by atoms with van der Waals surface area (Å²) >= 11 is 1.47. The molecular formula is C32H40N8OS. The standard InChI is InChI=1S/C32H40N8OS/c1-20-13-21(2)17-39(16-20)30-36-29(37-31(38-30)40-18-22(3)14-23(4)19-40)24-9-11-25(12-10-24)33-15-28(41)35-32-34-26-7-5-6-8-27(26)42-32/h5-12,20-23,33H,13-19H2,1-4H3,(H,34,35,41). The highest BCUT2D eigenvalue weighted by Gasteiger charge is 2.28. The van der Waals surface area contributed by atoms with Crippen molar-refractivity contribution in [1.29, 1.82) is 0 Å². The van der Waals surface area contributed by atoms with Gasteiger partial charge in [0.25, 0.3) is 0 Å². The Balaban J connectivity index is 1.18. The van der Waals surface area contributed by atoms with E-state index in [9.17, 15) is 4.79 Å². The Hall–Kier alpha value is -3.79. The monoisotopic (exact) mass is 584 g/mol. The molecule has 2 aliphatic heterocycles. The number of para-hydroxylation sites is 1. The molecule has 4 heterocycles. The number of piperidine rings is 2. The molecule has 2 aliphatic rings. The SMILES string of the molecule is CC1CC(C)CN(c2nc(-c3ccc(NCC(=O)Nc4nc5ccccc5s4)cc3)nc(N3CC(C)CC(C)C3)n2)C1. The summed E-state index contributed by atoms with van der Waals surface area (Å²) in [6.07, 6.45) is 2.46. The minimum Gasteiger partial charge on any atom is -0.376 e. The van der Waals surface area contributed by atoms with Crippen molar-refractivity contribution in [2.45, 2.75) is 40.5 Å². The van der Waals surface area contributed by atoms with E-state index in [-0.39, 0.29) is 12.5 Å². The molecule has 2 N–H and O–H groups in total. The van der Waals surface area contributed by atoms with E-state index in [1.165, 1.54) is 24.2 Å². The summed E-state index contributed by atoms with van der Waals surface area (Å²) in [5.74, 6) is 4.50. The molecule has 4 aromatic rings. The zero-order valence-electron chi connectivity index (χ0n) is 24.9. The Morgan fingerprint density at radius 3 is 1.93 bits per heavy atom. The first-order chi connectivity index (χ1) is 20.3. The van der Waals surface area contributed by atoms with Crippen LogP contribution in [-0.4, -0.2) is 58.6 Å². The normalized spacial score (nSPS) is 22.8. The molecule has 4 unspecified atom stereocenters. The second-order valence-corrected chi connectivity index (χ2v) is 13.5. The van der Waals surface area contributed by atoms with Gasteiger partial charge in [0.15, 0.2) is 11.0 Å². The van der Waals surface area contributed by atoms with Gasteiger partial charge in [-0.05, 0) is 72.9 Å². The third-order valence-corrected chi connectivity index (χ3v) is 9.00. The highest BCUT2D eigenvalue weighted by atomic mass is 32.1. The minimum absolute atomic E-state index is 0.139. The summed E-state index contributed by atoms with van der Waals surface area (Å²) in [7, 11) is 0. The number of hydrogen-bond donors (Lipinski definition) is 2. The lowest BCUT2D eigenvalue weighted by Gasteiger charge is -2.37. The Bertz CT molecular complexity index is 1440. The second-order valence-electron chi connectivity index (χ2n) is 12.4. The molecule has 2 fully saturated rings. The van der Waals surface area contributed by atoms with Gasteiger partial charge in [-0.15, -0.1) is 0 Å². The van der Waals surface area contributed by atoms with Crippen LogP contribution in [0.3, 0.4) is 0 Å². The maximum absolute atomic E-state index is 12.6. The van der Waals surface area contributed by atoms with Crippen molar-refractivity contribution in [1.82, 2.24) is 19.9 Å². The van der Waals surface area contributed by atoms with E-state index >= 15 is 0 Å². The maximum Gasteiger partial charge on any atom is 0.245 e. The quantitative estimate of drug-likeness (QED) is 0.266. The maximum atomic E-state index is 12.6. The van der Waals surface area contributed by atoms with Crippen molar-refractivity contribution < 1.29 is 4.79 Å².